The third kappa shape index (κ3) is 2.97. The van der Waals surface area contributed by atoms with Crippen LogP contribution >= 0.6 is 11.3 Å². The average molecular weight is 451 g/mol. The van der Waals surface area contributed by atoms with Gasteiger partial charge in [0.05, 0.1) is 24.8 Å². The van der Waals surface area contributed by atoms with Crippen molar-refractivity contribution < 1.29 is 19.0 Å². The Morgan fingerprint density at radius 2 is 1.94 bits per heavy atom. The van der Waals surface area contributed by atoms with Crippen molar-refractivity contribution in [3.63, 3.8) is 0 Å². The highest BCUT2D eigenvalue weighted by molar-refractivity contribution is 7.07. The molecule has 0 aliphatic carbocycles. The molecule has 0 radical (unpaired) electrons. The average Bonchev–Trinajstić information content (AvgIpc) is 3.06. The van der Waals surface area contributed by atoms with Crippen LogP contribution in [0.1, 0.15) is 31.0 Å². The molecule has 3 heterocycles. The minimum atomic E-state index is -1.07. The summed E-state index contributed by atoms with van der Waals surface area (Å²) in [6.07, 6.45) is 1.80. The van der Waals surface area contributed by atoms with Crippen LogP contribution in [0.15, 0.2) is 52.3 Å². The highest BCUT2D eigenvalue weighted by atomic mass is 32.1. The van der Waals surface area contributed by atoms with Crippen LogP contribution in [0.25, 0.3) is 6.08 Å². The van der Waals surface area contributed by atoms with Gasteiger partial charge in [-0.3, -0.25) is 14.2 Å². The van der Waals surface area contributed by atoms with Crippen LogP contribution in [0.4, 0.5) is 0 Å². The Hall–Kier alpha value is -3.39. The molecule has 2 aromatic carbocycles. The number of rotatable bonds is 4. The maximum Gasteiger partial charge on any atom is 0.270 e. The number of Topliss-reactive ketones (excluding diaryl/α,β-unsaturated/α-hetero) is 1. The van der Waals surface area contributed by atoms with Gasteiger partial charge < -0.3 is 14.2 Å². The first-order chi connectivity index (χ1) is 15.4. The van der Waals surface area contributed by atoms with E-state index in [0.717, 1.165) is 11.1 Å². The minimum absolute atomic E-state index is 0.0649. The van der Waals surface area contributed by atoms with Gasteiger partial charge in [0.25, 0.3) is 5.56 Å². The number of thiazole rings is 1. The Morgan fingerprint density at radius 3 is 2.66 bits per heavy atom. The number of hydrogen-bond donors (Lipinski definition) is 0. The molecule has 0 saturated carbocycles. The Labute approximate surface area is 188 Å². The number of carbonyl (C=O) groups is 1. The summed E-state index contributed by atoms with van der Waals surface area (Å²) in [6, 6.07) is 12.5. The molecule has 3 aromatic rings. The Kier molecular flexibility index (Phi) is 4.70. The predicted octanol–water partition coefficient (Wildman–Crippen LogP) is 2.29. The van der Waals surface area contributed by atoms with Gasteiger partial charge in [0.15, 0.2) is 16.3 Å². The van der Waals surface area contributed by atoms with E-state index in [1.807, 2.05) is 43.3 Å². The van der Waals surface area contributed by atoms with E-state index in [2.05, 4.69) is 0 Å². The van der Waals surface area contributed by atoms with E-state index < -0.39 is 17.7 Å². The van der Waals surface area contributed by atoms with Gasteiger partial charge in [-0.05, 0) is 43.7 Å². The zero-order valence-electron chi connectivity index (χ0n) is 18.1. The van der Waals surface area contributed by atoms with Gasteiger partial charge in [-0.25, -0.2) is 4.99 Å². The number of carbonyl (C=O) groups excluding carboxylic acids is 1. The maximum atomic E-state index is 13.6. The topological polar surface area (TPSA) is 79.1 Å². The third-order valence-corrected chi connectivity index (χ3v) is 7.01. The molecule has 0 N–H and O–H groups in total. The van der Waals surface area contributed by atoms with Gasteiger partial charge in [-0.1, -0.05) is 35.6 Å². The second-order valence-corrected chi connectivity index (χ2v) is 9.03. The van der Waals surface area contributed by atoms with Crippen molar-refractivity contribution in [2.75, 3.05) is 14.2 Å². The molecule has 2 aliphatic heterocycles. The lowest BCUT2D eigenvalue weighted by molar-refractivity contribution is -0.132. The number of ether oxygens (including phenoxy) is 3. The predicted molar refractivity (Wildman–Crippen MR) is 120 cm³/mol. The summed E-state index contributed by atoms with van der Waals surface area (Å²) in [4.78, 5) is 31.5. The van der Waals surface area contributed by atoms with Crippen molar-refractivity contribution in [1.29, 1.82) is 0 Å². The molecule has 0 saturated heterocycles. The Bertz CT molecular complexity index is 1420. The third-order valence-electron chi connectivity index (χ3n) is 6.02. The van der Waals surface area contributed by atoms with Gasteiger partial charge in [-0.15, -0.1) is 0 Å². The fraction of sp³-hybridized carbons (Fsp3) is 0.292. The van der Waals surface area contributed by atoms with E-state index >= 15 is 0 Å². The van der Waals surface area contributed by atoms with Crippen LogP contribution in [0.5, 0.6) is 17.2 Å². The van der Waals surface area contributed by atoms with E-state index in [1.54, 1.807) is 30.9 Å². The first kappa shape index (κ1) is 20.5. The number of aromatic nitrogens is 1. The highest BCUT2D eigenvalue weighted by Gasteiger charge is 2.53. The van der Waals surface area contributed by atoms with Crippen molar-refractivity contribution >= 4 is 23.2 Å². The summed E-state index contributed by atoms with van der Waals surface area (Å²) in [6.45, 7) is 3.34. The van der Waals surface area contributed by atoms with Gasteiger partial charge in [0.2, 0.25) is 5.72 Å². The van der Waals surface area contributed by atoms with Crippen LogP contribution in [0.2, 0.25) is 0 Å². The Balaban J connectivity index is 1.75. The number of methoxy groups -OCH3 is 2. The molecular weight excluding hydrogens is 428 g/mol. The summed E-state index contributed by atoms with van der Waals surface area (Å²) in [5.74, 6) is 1.18. The van der Waals surface area contributed by atoms with Crippen molar-refractivity contribution in [2.45, 2.75) is 25.6 Å². The van der Waals surface area contributed by atoms with Gasteiger partial charge >= 0.3 is 0 Å². The zero-order chi connectivity index (χ0) is 22.6. The van der Waals surface area contributed by atoms with E-state index in [0.29, 0.717) is 26.6 Å². The van der Waals surface area contributed by atoms with E-state index in [9.17, 15) is 9.59 Å². The SMILES string of the molecule is COc1ccc(/C=c2\sc3n(c2=O)[C@@H]2c4ccccc4O[C@](C)(N=3)[C@@H]2C(C)=O)cc1OC. The molecule has 32 heavy (non-hydrogen) atoms. The molecule has 0 amide bonds. The van der Waals surface area contributed by atoms with Crippen LogP contribution in [0.3, 0.4) is 0 Å². The molecule has 8 heteroatoms. The molecule has 0 fully saturated rings. The maximum absolute atomic E-state index is 13.6. The van der Waals surface area contributed by atoms with Crippen LogP contribution in [0, 0.1) is 5.92 Å². The molecule has 7 nitrogen and oxygen atoms in total. The summed E-state index contributed by atoms with van der Waals surface area (Å²) in [5.41, 5.74) is 0.369. The molecule has 2 aliphatic rings. The monoisotopic (exact) mass is 450 g/mol. The molecule has 3 atom stereocenters. The number of fused-ring (bicyclic) bond motifs is 6. The normalized spacial score (nSPS) is 23.4. The van der Waals surface area contributed by atoms with Crippen molar-refractivity contribution in [1.82, 2.24) is 4.57 Å². The standard InChI is InChI=1S/C24H22N2O5S/c1-13(27)20-21-15-7-5-6-8-16(15)31-24(20,2)25-23-26(21)22(28)19(32-23)12-14-9-10-17(29-3)18(11-14)30-4/h5-12,20-21H,1-4H3/b19-12-/t20-,21-,24+/m1/s1. The first-order valence-electron chi connectivity index (χ1n) is 10.2. The lowest BCUT2D eigenvalue weighted by Gasteiger charge is -2.45. The van der Waals surface area contributed by atoms with Crippen molar-refractivity contribution in [2.24, 2.45) is 10.9 Å². The molecule has 2 bridgehead atoms. The Morgan fingerprint density at radius 1 is 1.19 bits per heavy atom. The lowest BCUT2D eigenvalue weighted by atomic mass is 9.79. The second kappa shape index (κ2) is 7.34. The molecule has 1 aromatic heterocycles. The summed E-state index contributed by atoms with van der Waals surface area (Å²) >= 11 is 1.29. The minimum Gasteiger partial charge on any atom is -0.493 e. The zero-order valence-corrected chi connectivity index (χ0v) is 18.9. The van der Waals surface area contributed by atoms with Crippen molar-refractivity contribution in [3.8, 4) is 17.2 Å². The van der Waals surface area contributed by atoms with Crippen LogP contribution in [-0.2, 0) is 4.79 Å². The highest BCUT2D eigenvalue weighted by Crippen LogP contribution is 2.47. The van der Waals surface area contributed by atoms with Crippen molar-refractivity contribution in [3.05, 3.63) is 73.3 Å². The van der Waals surface area contributed by atoms with Gasteiger partial charge in [0, 0.05) is 5.56 Å². The van der Waals surface area contributed by atoms with E-state index in [4.69, 9.17) is 19.2 Å². The molecule has 0 unspecified atom stereocenters. The van der Waals surface area contributed by atoms with Gasteiger partial charge in [0.1, 0.15) is 17.5 Å². The van der Waals surface area contributed by atoms with Crippen LogP contribution < -0.4 is 29.1 Å². The fourth-order valence-corrected chi connectivity index (χ4v) is 5.75. The smallest absolute Gasteiger partial charge is 0.270 e. The number of ketones is 1. The quantitative estimate of drug-likeness (QED) is 0.610. The number of para-hydroxylation sites is 1. The first-order valence-corrected chi connectivity index (χ1v) is 11.0. The van der Waals surface area contributed by atoms with Crippen LogP contribution in [-0.4, -0.2) is 30.3 Å². The number of nitrogens with zero attached hydrogens (tertiary/aromatic N) is 2. The largest absolute Gasteiger partial charge is 0.493 e. The second-order valence-electron chi connectivity index (χ2n) is 8.02. The summed E-state index contributed by atoms with van der Waals surface area (Å²) < 4.78 is 19.0. The van der Waals surface area contributed by atoms with Gasteiger partial charge in [-0.2, -0.15) is 0 Å². The number of benzene rings is 2. The molecular formula is C24H22N2O5S. The lowest BCUT2D eigenvalue weighted by Crippen LogP contribution is -2.58. The molecule has 0 spiro atoms. The number of hydrogen-bond acceptors (Lipinski definition) is 7. The molecule has 5 rings (SSSR count). The molecule has 164 valence electrons. The summed E-state index contributed by atoms with van der Waals surface area (Å²) in [7, 11) is 3.14. The van der Waals surface area contributed by atoms with E-state index in [-0.39, 0.29) is 11.3 Å². The fourth-order valence-electron chi connectivity index (χ4n) is 4.65. The summed E-state index contributed by atoms with van der Waals surface area (Å²) in [5, 5.41) is 0. The van der Waals surface area contributed by atoms with E-state index in [1.165, 1.54) is 18.3 Å².